The van der Waals surface area contributed by atoms with Crippen molar-refractivity contribution >= 4 is 15.9 Å². The summed E-state index contributed by atoms with van der Waals surface area (Å²) in [6, 6.07) is 8.96. The lowest BCUT2D eigenvalue weighted by Gasteiger charge is -2.34. The number of nitrogens with zero attached hydrogens (tertiary/aromatic N) is 2. The third-order valence-electron chi connectivity index (χ3n) is 5.35. The van der Waals surface area contributed by atoms with Gasteiger partial charge >= 0.3 is 6.18 Å². The first-order valence-corrected chi connectivity index (χ1v) is 11.5. The van der Waals surface area contributed by atoms with Crippen LogP contribution in [-0.4, -0.2) is 62.9 Å². The van der Waals surface area contributed by atoms with Gasteiger partial charge in [-0.1, -0.05) is 12.1 Å². The summed E-state index contributed by atoms with van der Waals surface area (Å²) in [5, 5.41) is 0. The monoisotopic (exact) mass is 470 g/mol. The van der Waals surface area contributed by atoms with Gasteiger partial charge in [-0.05, 0) is 24.3 Å². The van der Waals surface area contributed by atoms with E-state index in [1.54, 1.807) is 6.07 Å². The van der Waals surface area contributed by atoms with Crippen LogP contribution in [0.25, 0.3) is 0 Å². The van der Waals surface area contributed by atoms with E-state index >= 15 is 0 Å². The molecule has 2 aliphatic heterocycles. The zero-order valence-electron chi connectivity index (χ0n) is 17.0. The van der Waals surface area contributed by atoms with Crippen LogP contribution < -0.4 is 9.47 Å². The molecule has 0 unspecified atom stereocenters. The van der Waals surface area contributed by atoms with Gasteiger partial charge in [-0.25, -0.2) is 8.42 Å². The minimum atomic E-state index is -4.66. The molecule has 0 aliphatic carbocycles. The fraction of sp³-hybridized carbons (Fsp3) is 0.381. The predicted octanol–water partition coefficient (Wildman–Crippen LogP) is 3.01. The molecular weight excluding hydrogens is 449 g/mol. The highest BCUT2D eigenvalue weighted by Gasteiger charge is 2.37. The number of amides is 1. The van der Waals surface area contributed by atoms with E-state index in [4.69, 9.17) is 9.47 Å². The molecule has 2 aromatic carbocycles. The van der Waals surface area contributed by atoms with Gasteiger partial charge in [0.1, 0.15) is 0 Å². The third-order valence-corrected chi connectivity index (χ3v) is 7.24. The number of hydrogen-bond acceptors (Lipinski definition) is 5. The van der Waals surface area contributed by atoms with E-state index in [1.165, 1.54) is 33.5 Å². The van der Waals surface area contributed by atoms with E-state index in [2.05, 4.69) is 0 Å². The van der Waals surface area contributed by atoms with Gasteiger partial charge < -0.3 is 14.4 Å². The number of alkyl halides is 3. The minimum Gasteiger partial charge on any atom is -0.490 e. The van der Waals surface area contributed by atoms with Crippen molar-refractivity contribution in [3.8, 4) is 11.5 Å². The van der Waals surface area contributed by atoms with Crippen molar-refractivity contribution < 1.29 is 35.9 Å². The summed E-state index contributed by atoms with van der Waals surface area (Å²) in [4.78, 5) is 14.0. The highest BCUT2D eigenvalue weighted by Crippen LogP contribution is 2.34. The molecule has 0 bridgehead atoms. The molecule has 1 amide bonds. The Hall–Kier alpha value is -2.79. The van der Waals surface area contributed by atoms with E-state index in [9.17, 15) is 26.4 Å². The normalized spacial score (nSPS) is 17.7. The average Bonchev–Trinajstić information content (AvgIpc) is 3.03. The van der Waals surface area contributed by atoms with Crippen molar-refractivity contribution in [2.45, 2.75) is 17.5 Å². The first-order chi connectivity index (χ1) is 15.2. The third kappa shape index (κ3) is 4.40. The highest BCUT2D eigenvalue weighted by molar-refractivity contribution is 7.89. The highest BCUT2D eigenvalue weighted by atomic mass is 32.2. The van der Waals surface area contributed by atoms with Crippen LogP contribution in [0, 0.1) is 0 Å². The molecule has 0 saturated carbocycles. The molecule has 0 atom stereocenters. The second-order valence-corrected chi connectivity index (χ2v) is 9.34. The fourth-order valence-electron chi connectivity index (χ4n) is 3.67. The SMILES string of the molecule is O=C(c1ccccc1C(F)(F)F)N1CCN(S(=O)(=O)c2ccc3c(c2)OCCCO3)CC1. The molecule has 4 rings (SSSR count). The molecular formula is C21H21F3N2O5S. The number of halogens is 3. The number of ether oxygens (including phenoxy) is 2. The zero-order valence-corrected chi connectivity index (χ0v) is 17.8. The van der Waals surface area contributed by atoms with Gasteiger partial charge in [-0.2, -0.15) is 17.5 Å². The summed E-state index contributed by atoms with van der Waals surface area (Å²) in [5.41, 5.74) is -1.45. The molecule has 0 N–H and O–H groups in total. The molecule has 0 aromatic heterocycles. The number of carbonyl (C=O) groups is 1. The second kappa shape index (κ2) is 8.62. The van der Waals surface area contributed by atoms with Crippen molar-refractivity contribution in [3.05, 3.63) is 53.6 Å². The van der Waals surface area contributed by atoms with E-state index < -0.39 is 33.2 Å². The fourth-order valence-corrected chi connectivity index (χ4v) is 5.11. The standard InChI is InChI=1S/C21H21F3N2O5S/c22-21(23,24)17-5-2-1-4-16(17)20(27)25-8-10-26(11-9-25)32(28,29)15-6-7-18-19(14-15)31-13-3-12-30-18/h1-2,4-7,14H,3,8-13H2. The van der Waals surface area contributed by atoms with Gasteiger partial charge in [0.25, 0.3) is 5.91 Å². The van der Waals surface area contributed by atoms with Crippen LogP contribution in [0.3, 0.4) is 0 Å². The first-order valence-electron chi connectivity index (χ1n) is 10.0. The van der Waals surface area contributed by atoms with Crippen LogP contribution in [0.5, 0.6) is 11.5 Å². The Balaban J connectivity index is 1.48. The largest absolute Gasteiger partial charge is 0.490 e. The van der Waals surface area contributed by atoms with Crippen LogP contribution >= 0.6 is 0 Å². The van der Waals surface area contributed by atoms with Gasteiger partial charge in [0.15, 0.2) is 11.5 Å². The maximum absolute atomic E-state index is 13.2. The van der Waals surface area contributed by atoms with E-state index in [0.29, 0.717) is 31.1 Å². The van der Waals surface area contributed by atoms with Crippen LogP contribution in [0.4, 0.5) is 13.2 Å². The summed E-state index contributed by atoms with van der Waals surface area (Å²) in [5.74, 6) is 0.0481. The van der Waals surface area contributed by atoms with Gasteiger partial charge in [0.05, 0.1) is 29.2 Å². The summed E-state index contributed by atoms with van der Waals surface area (Å²) in [7, 11) is -3.87. The second-order valence-electron chi connectivity index (χ2n) is 7.40. The molecule has 2 heterocycles. The molecule has 2 aromatic rings. The van der Waals surface area contributed by atoms with Crippen molar-refractivity contribution in [3.63, 3.8) is 0 Å². The Morgan fingerprint density at radius 3 is 2.25 bits per heavy atom. The smallest absolute Gasteiger partial charge is 0.417 e. The van der Waals surface area contributed by atoms with Crippen molar-refractivity contribution in [2.75, 3.05) is 39.4 Å². The Labute approximate surface area is 183 Å². The average molecular weight is 470 g/mol. The molecule has 0 spiro atoms. The predicted molar refractivity (Wildman–Crippen MR) is 108 cm³/mol. The van der Waals surface area contributed by atoms with Crippen LogP contribution in [-0.2, 0) is 16.2 Å². The molecule has 32 heavy (non-hydrogen) atoms. The van der Waals surface area contributed by atoms with E-state index in [1.807, 2.05) is 0 Å². The molecule has 172 valence electrons. The number of benzene rings is 2. The molecule has 1 saturated heterocycles. The van der Waals surface area contributed by atoms with Crippen molar-refractivity contribution in [2.24, 2.45) is 0 Å². The zero-order chi connectivity index (χ0) is 22.9. The number of rotatable bonds is 3. The minimum absolute atomic E-state index is 0.0190. The van der Waals surface area contributed by atoms with E-state index in [0.717, 1.165) is 12.1 Å². The maximum atomic E-state index is 13.2. The quantitative estimate of drug-likeness (QED) is 0.690. The topological polar surface area (TPSA) is 76.2 Å². The maximum Gasteiger partial charge on any atom is 0.417 e. The van der Waals surface area contributed by atoms with Crippen molar-refractivity contribution in [1.29, 1.82) is 0 Å². The van der Waals surface area contributed by atoms with Crippen LogP contribution in [0.15, 0.2) is 47.4 Å². The molecule has 7 nitrogen and oxygen atoms in total. The van der Waals surface area contributed by atoms with Gasteiger partial charge in [0.2, 0.25) is 10.0 Å². The van der Waals surface area contributed by atoms with Crippen LogP contribution in [0.2, 0.25) is 0 Å². The van der Waals surface area contributed by atoms with Crippen molar-refractivity contribution in [1.82, 2.24) is 9.21 Å². The first kappa shape index (κ1) is 22.4. The summed E-state index contributed by atoms with van der Waals surface area (Å²) < 4.78 is 78.2. The lowest BCUT2D eigenvalue weighted by Crippen LogP contribution is -2.50. The number of piperazine rings is 1. The number of carbonyl (C=O) groups excluding carboxylic acids is 1. The van der Waals surface area contributed by atoms with E-state index in [-0.39, 0.29) is 31.1 Å². The molecule has 2 aliphatic rings. The molecule has 11 heteroatoms. The summed E-state index contributed by atoms with van der Waals surface area (Å²) in [6.45, 7) is 0.792. The Kier molecular flexibility index (Phi) is 6.04. The van der Waals surface area contributed by atoms with Crippen LogP contribution in [0.1, 0.15) is 22.3 Å². The Bertz CT molecular complexity index is 1110. The lowest BCUT2D eigenvalue weighted by molar-refractivity contribution is -0.138. The lowest BCUT2D eigenvalue weighted by atomic mass is 10.1. The Morgan fingerprint density at radius 1 is 0.906 bits per heavy atom. The summed E-state index contributed by atoms with van der Waals surface area (Å²) >= 11 is 0. The summed E-state index contributed by atoms with van der Waals surface area (Å²) in [6.07, 6.45) is -3.97. The number of hydrogen-bond donors (Lipinski definition) is 0. The molecule has 1 fully saturated rings. The van der Waals surface area contributed by atoms with Gasteiger partial charge in [-0.3, -0.25) is 4.79 Å². The number of fused-ring (bicyclic) bond motifs is 1. The van der Waals surface area contributed by atoms with Gasteiger partial charge in [-0.15, -0.1) is 0 Å². The number of sulfonamides is 1. The van der Waals surface area contributed by atoms with Gasteiger partial charge in [0, 0.05) is 38.7 Å². The Morgan fingerprint density at radius 2 is 1.56 bits per heavy atom. The molecule has 0 radical (unpaired) electrons.